The molecule has 0 saturated heterocycles. The Morgan fingerprint density at radius 3 is 3.12 bits per heavy atom. The molecule has 2 aliphatic rings. The summed E-state index contributed by atoms with van der Waals surface area (Å²) in [5.74, 6) is 2.14. The lowest BCUT2D eigenvalue weighted by Crippen LogP contribution is -2.10. The number of ether oxygens (including phenoxy) is 2. The number of hydrogen-bond acceptors (Lipinski definition) is 3. The van der Waals surface area contributed by atoms with Crippen LogP contribution in [0.25, 0.3) is 0 Å². The quantitative estimate of drug-likeness (QED) is 0.832. The van der Waals surface area contributed by atoms with Crippen LogP contribution in [-0.4, -0.2) is 17.8 Å². The van der Waals surface area contributed by atoms with Crippen molar-refractivity contribution in [1.82, 2.24) is 0 Å². The molecule has 1 heterocycles. The van der Waals surface area contributed by atoms with E-state index < -0.39 is 0 Å². The molecule has 86 valence electrons. The molecule has 0 bridgehead atoms. The van der Waals surface area contributed by atoms with Crippen molar-refractivity contribution in [2.45, 2.75) is 38.2 Å². The van der Waals surface area contributed by atoms with Crippen molar-refractivity contribution in [3.05, 3.63) is 17.7 Å². The summed E-state index contributed by atoms with van der Waals surface area (Å²) < 4.78 is 11.2. The van der Waals surface area contributed by atoms with Gasteiger partial charge in [-0.25, -0.2) is 0 Å². The Bertz CT molecular complexity index is 414. The molecule has 16 heavy (non-hydrogen) atoms. The maximum absolute atomic E-state index is 9.85. The number of aromatic hydroxyl groups is 1. The monoisotopic (exact) mass is 220 g/mol. The molecule has 1 saturated carbocycles. The summed E-state index contributed by atoms with van der Waals surface area (Å²) in [5, 5.41) is 9.85. The lowest BCUT2D eigenvalue weighted by Gasteiger charge is -2.09. The highest BCUT2D eigenvalue weighted by Gasteiger charge is 2.38. The predicted octanol–water partition coefficient (Wildman–Crippen LogP) is 2.82. The first-order valence-electron chi connectivity index (χ1n) is 5.96. The molecule has 3 nitrogen and oxygen atoms in total. The Kier molecular flexibility index (Phi) is 2.20. The van der Waals surface area contributed by atoms with Crippen molar-refractivity contribution in [2.24, 2.45) is 0 Å². The summed E-state index contributed by atoms with van der Waals surface area (Å²) in [6.45, 7) is 2.46. The van der Waals surface area contributed by atoms with E-state index in [2.05, 4.69) is 0 Å². The van der Waals surface area contributed by atoms with E-state index in [4.69, 9.17) is 9.47 Å². The second-order valence-electron chi connectivity index (χ2n) is 4.48. The van der Waals surface area contributed by atoms with Gasteiger partial charge in [0.25, 0.3) is 0 Å². The van der Waals surface area contributed by atoms with Gasteiger partial charge in [0.1, 0.15) is 11.9 Å². The van der Waals surface area contributed by atoms with E-state index >= 15 is 0 Å². The van der Waals surface area contributed by atoms with Crippen molar-refractivity contribution >= 4 is 0 Å². The average molecular weight is 220 g/mol. The molecule has 1 aliphatic heterocycles. The van der Waals surface area contributed by atoms with Crippen LogP contribution in [-0.2, 0) is 0 Å². The van der Waals surface area contributed by atoms with Crippen LogP contribution in [0.15, 0.2) is 12.1 Å². The SMILES string of the molecule is CCOc1cc2c(cc1O)[C@@H]1CCC[C@@H]1O2. The van der Waals surface area contributed by atoms with Crippen LogP contribution in [0.1, 0.15) is 37.7 Å². The van der Waals surface area contributed by atoms with Crippen molar-refractivity contribution in [3.63, 3.8) is 0 Å². The van der Waals surface area contributed by atoms with Gasteiger partial charge in [0.05, 0.1) is 6.61 Å². The molecule has 1 aromatic rings. The fourth-order valence-corrected chi connectivity index (χ4v) is 2.81. The number of phenolic OH excluding ortho intramolecular Hbond substituents is 1. The molecule has 3 rings (SSSR count). The summed E-state index contributed by atoms with van der Waals surface area (Å²) in [6, 6.07) is 3.64. The maximum Gasteiger partial charge on any atom is 0.164 e. The average Bonchev–Trinajstić information content (AvgIpc) is 2.80. The minimum Gasteiger partial charge on any atom is -0.504 e. The zero-order chi connectivity index (χ0) is 11.1. The molecule has 1 aromatic carbocycles. The highest BCUT2D eigenvalue weighted by Crippen LogP contribution is 2.50. The van der Waals surface area contributed by atoms with Crippen molar-refractivity contribution in [2.75, 3.05) is 6.61 Å². The number of phenols is 1. The van der Waals surface area contributed by atoms with E-state index in [0.29, 0.717) is 24.4 Å². The minimum atomic E-state index is 0.233. The van der Waals surface area contributed by atoms with Crippen LogP contribution >= 0.6 is 0 Å². The molecule has 0 radical (unpaired) electrons. The first-order chi connectivity index (χ1) is 7.79. The summed E-state index contributed by atoms with van der Waals surface area (Å²) >= 11 is 0. The Hall–Kier alpha value is -1.38. The third kappa shape index (κ3) is 1.34. The smallest absolute Gasteiger partial charge is 0.164 e. The molecule has 2 atom stereocenters. The Balaban J connectivity index is 1.99. The van der Waals surface area contributed by atoms with E-state index in [-0.39, 0.29) is 5.75 Å². The zero-order valence-corrected chi connectivity index (χ0v) is 9.40. The molecular formula is C13H16O3. The highest BCUT2D eigenvalue weighted by atomic mass is 16.5. The predicted molar refractivity (Wildman–Crippen MR) is 60.3 cm³/mol. The van der Waals surface area contributed by atoms with Gasteiger partial charge in [-0.3, -0.25) is 0 Å². The second kappa shape index (κ2) is 3.58. The summed E-state index contributed by atoms with van der Waals surface area (Å²) in [6.07, 6.45) is 3.85. The first kappa shape index (κ1) is 9.82. The van der Waals surface area contributed by atoms with E-state index in [9.17, 15) is 5.11 Å². The first-order valence-corrected chi connectivity index (χ1v) is 5.96. The summed E-state index contributed by atoms with van der Waals surface area (Å²) in [4.78, 5) is 0. The molecule has 0 spiro atoms. The Labute approximate surface area is 95.0 Å². The number of rotatable bonds is 2. The Morgan fingerprint density at radius 1 is 1.44 bits per heavy atom. The molecule has 1 fully saturated rings. The minimum absolute atomic E-state index is 0.233. The largest absolute Gasteiger partial charge is 0.504 e. The van der Waals surface area contributed by atoms with Crippen LogP contribution in [0.2, 0.25) is 0 Å². The lowest BCUT2D eigenvalue weighted by molar-refractivity contribution is 0.224. The third-order valence-corrected chi connectivity index (χ3v) is 3.52. The molecule has 0 amide bonds. The van der Waals surface area contributed by atoms with Gasteiger partial charge in [0, 0.05) is 17.5 Å². The van der Waals surface area contributed by atoms with Gasteiger partial charge in [0.15, 0.2) is 11.5 Å². The van der Waals surface area contributed by atoms with Gasteiger partial charge >= 0.3 is 0 Å². The van der Waals surface area contributed by atoms with Crippen LogP contribution in [0.5, 0.6) is 17.2 Å². The molecule has 1 aliphatic carbocycles. The molecule has 0 unspecified atom stereocenters. The summed E-state index contributed by atoms with van der Waals surface area (Å²) in [5.41, 5.74) is 1.16. The highest BCUT2D eigenvalue weighted by molar-refractivity contribution is 5.53. The van der Waals surface area contributed by atoms with Crippen LogP contribution in [0.3, 0.4) is 0 Å². The number of fused-ring (bicyclic) bond motifs is 3. The van der Waals surface area contributed by atoms with Gasteiger partial charge in [0.2, 0.25) is 0 Å². The fourth-order valence-electron chi connectivity index (χ4n) is 2.81. The van der Waals surface area contributed by atoms with E-state index in [1.54, 1.807) is 0 Å². The van der Waals surface area contributed by atoms with Crippen LogP contribution in [0, 0.1) is 0 Å². The van der Waals surface area contributed by atoms with E-state index in [0.717, 1.165) is 17.7 Å². The van der Waals surface area contributed by atoms with E-state index in [1.807, 2.05) is 19.1 Å². The molecule has 3 heteroatoms. The van der Waals surface area contributed by atoms with Gasteiger partial charge in [-0.15, -0.1) is 0 Å². The van der Waals surface area contributed by atoms with Gasteiger partial charge in [-0.1, -0.05) is 0 Å². The molecular weight excluding hydrogens is 204 g/mol. The topological polar surface area (TPSA) is 38.7 Å². The van der Waals surface area contributed by atoms with Crippen molar-refractivity contribution in [1.29, 1.82) is 0 Å². The molecule has 1 N–H and O–H groups in total. The van der Waals surface area contributed by atoms with Gasteiger partial charge < -0.3 is 14.6 Å². The number of hydrogen-bond donors (Lipinski definition) is 1. The normalized spacial score (nSPS) is 26.1. The second-order valence-corrected chi connectivity index (χ2v) is 4.48. The van der Waals surface area contributed by atoms with Gasteiger partial charge in [-0.2, -0.15) is 0 Å². The fraction of sp³-hybridized carbons (Fsp3) is 0.538. The lowest BCUT2D eigenvalue weighted by atomic mass is 9.97. The van der Waals surface area contributed by atoms with Gasteiger partial charge in [-0.05, 0) is 32.3 Å². The zero-order valence-electron chi connectivity index (χ0n) is 9.40. The molecule has 0 aromatic heterocycles. The maximum atomic E-state index is 9.85. The third-order valence-electron chi connectivity index (χ3n) is 3.52. The van der Waals surface area contributed by atoms with Crippen LogP contribution < -0.4 is 9.47 Å². The van der Waals surface area contributed by atoms with Crippen LogP contribution in [0.4, 0.5) is 0 Å². The van der Waals surface area contributed by atoms with Crippen molar-refractivity contribution in [3.8, 4) is 17.2 Å². The summed E-state index contributed by atoms with van der Waals surface area (Å²) in [7, 11) is 0. The number of benzene rings is 1. The van der Waals surface area contributed by atoms with Crippen molar-refractivity contribution < 1.29 is 14.6 Å². The standard InChI is InChI=1S/C13H16O3/c1-2-15-13-7-12-9(6-10(13)14)8-4-3-5-11(8)16-12/h6-8,11,14H,2-5H2,1H3/t8-,11-/m0/s1. The Morgan fingerprint density at radius 2 is 2.31 bits per heavy atom. The van der Waals surface area contributed by atoms with E-state index in [1.165, 1.54) is 12.8 Å².